The minimum Gasteiger partial charge on any atom is -0.292 e. The number of benzene rings is 1. The molecule has 1 aromatic carbocycles. The number of hydrogen-bond donors (Lipinski definition) is 0. The monoisotopic (exact) mass is 254 g/mol. The van der Waals surface area contributed by atoms with E-state index >= 15 is 0 Å². The van der Waals surface area contributed by atoms with Crippen LogP contribution in [-0.4, -0.2) is 15.6 Å². The van der Waals surface area contributed by atoms with E-state index in [9.17, 15) is 4.79 Å². The Morgan fingerprint density at radius 3 is 2.63 bits per heavy atom. The summed E-state index contributed by atoms with van der Waals surface area (Å²) in [7, 11) is 0. The number of nitrogens with zero attached hydrogens (tertiary/aromatic N) is 6. The smallest absolute Gasteiger partial charge is 0.213 e. The summed E-state index contributed by atoms with van der Waals surface area (Å²) in [6.07, 6.45) is 2.92. The van der Waals surface area contributed by atoms with Gasteiger partial charge in [-0.1, -0.05) is 30.3 Å². The Bertz CT molecular complexity index is 633. The van der Waals surface area contributed by atoms with Gasteiger partial charge in [0.25, 0.3) is 0 Å². The van der Waals surface area contributed by atoms with Crippen LogP contribution in [0, 0.1) is 0 Å². The highest BCUT2D eigenvalue weighted by molar-refractivity contribution is 5.95. The molecule has 0 radical (unpaired) electrons. The van der Waals surface area contributed by atoms with Crippen molar-refractivity contribution in [2.75, 3.05) is 0 Å². The predicted molar refractivity (Wildman–Crippen MR) is 65.5 cm³/mol. The number of carbonyl (C=O) groups is 1. The third kappa shape index (κ3) is 2.44. The molecule has 2 heterocycles. The number of ketones is 1. The summed E-state index contributed by atoms with van der Waals surface area (Å²) in [6, 6.07) is 9.11. The zero-order valence-electron chi connectivity index (χ0n) is 9.92. The highest BCUT2D eigenvalue weighted by atomic mass is 16.1. The van der Waals surface area contributed by atoms with Crippen LogP contribution in [0.2, 0.25) is 0 Å². The van der Waals surface area contributed by atoms with Gasteiger partial charge in [0, 0.05) is 17.3 Å². The maximum absolute atomic E-state index is 12.0. The first-order valence-electron chi connectivity index (χ1n) is 5.73. The number of hydrogen-bond acceptors (Lipinski definition) is 6. The van der Waals surface area contributed by atoms with Crippen LogP contribution in [0.4, 0.5) is 0 Å². The lowest BCUT2D eigenvalue weighted by atomic mass is 10.1. The lowest BCUT2D eigenvalue weighted by molar-refractivity contribution is 0.0967. The van der Waals surface area contributed by atoms with E-state index in [2.05, 4.69) is 25.8 Å². The summed E-state index contributed by atoms with van der Waals surface area (Å²) in [5.74, 6) is 0.00456. The molecule has 0 amide bonds. The van der Waals surface area contributed by atoms with Crippen LogP contribution in [0.1, 0.15) is 22.1 Å². The van der Waals surface area contributed by atoms with Crippen molar-refractivity contribution in [2.45, 2.75) is 12.7 Å². The molecule has 2 aromatic rings. The SMILES string of the molecule is O=C(Cn1cc(C2N=NN=N2)cn1)c1ccccc1. The second-order valence-corrected chi connectivity index (χ2v) is 4.04. The maximum Gasteiger partial charge on any atom is 0.213 e. The number of rotatable bonds is 4. The second-order valence-electron chi connectivity index (χ2n) is 4.04. The van der Waals surface area contributed by atoms with Gasteiger partial charge in [-0.3, -0.25) is 9.48 Å². The predicted octanol–water partition coefficient (Wildman–Crippen LogP) is 2.60. The molecule has 0 saturated carbocycles. The Kier molecular flexibility index (Phi) is 2.93. The fourth-order valence-corrected chi connectivity index (χ4v) is 1.76. The average Bonchev–Trinajstić information content (AvgIpc) is 3.10. The molecule has 0 aliphatic carbocycles. The van der Waals surface area contributed by atoms with Crippen LogP contribution < -0.4 is 0 Å². The Morgan fingerprint density at radius 1 is 1.16 bits per heavy atom. The molecule has 0 N–H and O–H groups in total. The molecule has 0 fully saturated rings. The highest BCUT2D eigenvalue weighted by Gasteiger charge is 2.15. The summed E-state index contributed by atoms with van der Waals surface area (Å²) in [5, 5.41) is 18.6. The maximum atomic E-state index is 12.0. The third-order valence-corrected chi connectivity index (χ3v) is 2.71. The van der Waals surface area contributed by atoms with Gasteiger partial charge < -0.3 is 0 Å². The van der Waals surface area contributed by atoms with E-state index < -0.39 is 6.17 Å². The van der Waals surface area contributed by atoms with E-state index in [0.717, 1.165) is 5.56 Å². The van der Waals surface area contributed by atoms with E-state index in [-0.39, 0.29) is 12.3 Å². The Labute approximate surface area is 108 Å². The van der Waals surface area contributed by atoms with Crippen molar-refractivity contribution in [1.82, 2.24) is 9.78 Å². The van der Waals surface area contributed by atoms with Gasteiger partial charge in [-0.05, 0) is 10.4 Å². The topological polar surface area (TPSA) is 84.3 Å². The molecule has 0 bridgehead atoms. The van der Waals surface area contributed by atoms with E-state index in [0.29, 0.717) is 5.56 Å². The largest absolute Gasteiger partial charge is 0.292 e. The van der Waals surface area contributed by atoms with Crippen molar-refractivity contribution in [2.24, 2.45) is 20.7 Å². The molecule has 0 atom stereocenters. The van der Waals surface area contributed by atoms with Crippen LogP contribution in [-0.2, 0) is 6.54 Å². The first kappa shape index (κ1) is 11.4. The summed E-state index contributed by atoms with van der Waals surface area (Å²) >= 11 is 0. The highest BCUT2D eigenvalue weighted by Crippen LogP contribution is 2.23. The summed E-state index contributed by atoms with van der Waals surface area (Å²) in [6.45, 7) is 0.186. The van der Waals surface area contributed by atoms with Crippen molar-refractivity contribution in [3.63, 3.8) is 0 Å². The summed E-state index contributed by atoms with van der Waals surface area (Å²) < 4.78 is 1.56. The first-order valence-corrected chi connectivity index (χ1v) is 5.73. The Morgan fingerprint density at radius 2 is 1.89 bits per heavy atom. The second kappa shape index (κ2) is 4.89. The minimum absolute atomic E-state index is 0.00456. The Hall–Kier alpha value is -2.70. The van der Waals surface area contributed by atoms with Crippen LogP contribution in [0.3, 0.4) is 0 Å². The molecule has 0 spiro atoms. The fraction of sp³-hybridized carbons (Fsp3) is 0.167. The molecule has 94 valence electrons. The lowest BCUT2D eigenvalue weighted by Gasteiger charge is -2.01. The standard InChI is InChI=1S/C12H10N6O/c19-11(9-4-2-1-3-5-9)8-18-7-10(6-13-18)12-14-16-17-15-12/h1-7,12H,8H2. The van der Waals surface area contributed by atoms with E-state index in [1.165, 1.54) is 0 Å². The van der Waals surface area contributed by atoms with Crippen LogP contribution in [0.15, 0.2) is 63.4 Å². The summed E-state index contributed by atoms with van der Waals surface area (Å²) in [4.78, 5) is 12.0. The molecular formula is C12H10N6O. The number of carbonyl (C=O) groups excluding carboxylic acids is 1. The molecule has 1 aliphatic heterocycles. The van der Waals surface area contributed by atoms with Gasteiger partial charge in [0.1, 0.15) is 6.54 Å². The van der Waals surface area contributed by atoms with Gasteiger partial charge in [-0.15, -0.1) is 10.2 Å². The minimum atomic E-state index is -0.430. The fourth-order valence-electron chi connectivity index (χ4n) is 1.76. The van der Waals surface area contributed by atoms with Gasteiger partial charge in [-0.25, -0.2) is 0 Å². The van der Waals surface area contributed by atoms with Crippen molar-refractivity contribution in [3.8, 4) is 0 Å². The molecular weight excluding hydrogens is 244 g/mol. The molecule has 19 heavy (non-hydrogen) atoms. The normalized spacial score (nSPS) is 14.1. The first-order chi connectivity index (χ1) is 9.33. The van der Waals surface area contributed by atoms with Gasteiger partial charge in [0.15, 0.2) is 5.78 Å². The third-order valence-electron chi connectivity index (χ3n) is 2.71. The molecule has 7 nitrogen and oxygen atoms in total. The average molecular weight is 254 g/mol. The van der Waals surface area contributed by atoms with Crippen molar-refractivity contribution < 1.29 is 4.79 Å². The van der Waals surface area contributed by atoms with Crippen molar-refractivity contribution >= 4 is 5.78 Å². The van der Waals surface area contributed by atoms with Gasteiger partial charge in [-0.2, -0.15) is 5.10 Å². The van der Waals surface area contributed by atoms with Crippen molar-refractivity contribution in [3.05, 3.63) is 53.9 Å². The zero-order valence-corrected chi connectivity index (χ0v) is 9.92. The molecule has 7 heteroatoms. The number of Topliss-reactive ketones (excluding diaryl/α,β-unsaturated/α-hetero) is 1. The molecule has 0 unspecified atom stereocenters. The quantitative estimate of drug-likeness (QED) is 0.785. The van der Waals surface area contributed by atoms with Gasteiger partial charge >= 0.3 is 0 Å². The van der Waals surface area contributed by atoms with Crippen LogP contribution in [0.25, 0.3) is 0 Å². The molecule has 1 aliphatic rings. The van der Waals surface area contributed by atoms with E-state index in [1.807, 2.05) is 18.2 Å². The Balaban J connectivity index is 1.72. The molecule has 0 saturated heterocycles. The zero-order chi connectivity index (χ0) is 13.1. The van der Waals surface area contributed by atoms with Crippen LogP contribution >= 0.6 is 0 Å². The van der Waals surface area contributed by atoms with Gasteiger partial charge in [0.2, 0.25) is 6.17 Å². The number of aromatic nitrogens is 2. The van der Waals surface area contributed by atoms with Crippen molar-refractivity contribution in [1.29, 1.82) is 0 Å². The molecule has 1 aromatic heterocycles. The van der Waals surface area contributed by atoms with E-state index in [4.69, 9.17) is 0 Å². The van der Waals surface area contributed by atoms with Gasteiger partial charge in [0.05, 0.1) is 6.20 Å². The van der Waals surface area contributed by atoms with E-state index in [1.54, 1.807) is 29.2 Å². The lowest BCUT2D eigenvalue weighted by Crippen LogP contribution is -2.10. The van der Waals surface area contributed by atoms with Crippen LogP contribution in [0.5, 0.6) is 0 Å². The molecule has 3 rings (SSSR count). The summed E-state index contributed by atoms with van der Waals surface area (Å²) in [5.41, 5.74) is 1.44.